The van der Waals surface area contributed by atoms with Gasteiger partial charge in [0.1, 0.15) is 0 Å². The van der Waals surface area contributed by atoms with E-state index in [4.69, 9.17) is 5.84 Å². The molecule has 0 aromatic rings. The zero-order chi connectivity index (χ0) is 5.82. The minimum absolute atomic E-state index is 0.741. The van der Waals surface area contributed by atoms with Gasteiger partial charge in [0.25, 0.3) is 0 Å². The first-order valence-corrected chi connectivity index (χ1v) is 3.10. The normalized spacial score (nSPS) is 20.6. The van der Waals surface area contributed by atoms with Crippen LogP contribution in [-0.2, 0) is 0 Å². The summed E-state index contributed by atoms with van der Waals surface area (Å²) in [6.07, 6.45) is 4.02. The van der Waals surface area contributed by atoms with Gasteiger partial charge >= 0.3 is 0 Å². The van der Waals surface area contributed by atoms with Gasteiger partial charge in [0.15, 0.2) is 0 Å². The number of hydrogen-bond acceptors (Lipinski definition) is 3. The van der Waals surface area contributed by atoms with Gasteiger partial charge in [-0.05, 0) is 12.8 Å². The highest BCUT2D eigenvalue weighted by Crippen LogP contribution is 2.17. The van der Waals surface area contributed by atoms with E-state index in [2.05, 4.69) is 10.7 Å². The maximum Gasteiger partial charge on any atom is 0.0589 e. The van der Waals surface area contributed by atoms with E-state index in [-0.39, 0.29) is 0 Å². The van der Waals surface area contributed by atoms with Crippen molar-refractivity contribution in [1.29, 1.82) is 0 Å². The van der Waals surface area contributed by atoms with E-state index in [0.717, 1.165) is 12.7 Å². The van der Waals surface area contributed by atoms with Crippen molar-refractivity contribution < 1.29 is 0 Å². The van der Waals surface area contributed by atoms with Crippen molar-refractivity contribution in [2.75, 3.05) is 6.67 Å². The molecule has 0 aromatic heterocycles. The Hall–Kier alpha value is -0.120. The molecule has 0 atom stereocenters. The van der Waals surface area contributed by atoms with Crippen LogP contribution in [0.5, 0.6) is 0 Å². The number of hydrazine groups is 1. The van der Waals surface area contributed by atoms with Crippen LogP contribution in [0, 0.1) is 0 Å². The van der Waals surface area contributed by atoms with Gasteiger partial charge in [-0.1, -0.05) is 6.42 Å². The van der Waals surface area contributed by atoms with E-state index in [1.165, 1.54) is 19.3 Å². The second kappa shape index (κ2) is 3.02. The Morgan fingerprint density at radius 2 is 2.25 bits per heavy atom. The predicted octanol–water partition coefficient (Wildman–Crippen LogP) is -0.451. The van der Waals surface area contributed by atoms with E-state index in [9.17, 15) is 0 Å². The SMILES string of the molecule is NNCNC1CCC1. The van der Waals surface area contributed by atoms with Crippen molar-refractivity contribution in [1.82, 2.24) is 10.7 Å². The second-order valence-electron chi connectivity index (χ2n) is 2.21. The van der Waals surface area contributed by atoms with Gasteiger partial charge in [0, 0.05) is 6.04 Å². The molecule has 1 rings (SSSR count). The highest BCUT2D eigenvalue weighted by molar-refractivity contribution is 4.74. The van der Waals surface area contributed by atoms with Crippen LogP contribution in [0.15, 0.2) is 0 Å². The molecule has 0 unspecified atom stereocenters. The first-order valence-electron chi connectivity index (χ1n) is 3.10. The summed E-state index contributed by atoms with van der Waals surface area (Å²) in [6.45, 7) is 0.741. The molecule has 48 valence electrons. The average molecular weight is 115 g/mol. The zero-order valence-electron chi connectivity index (χ0n) is 4.98. The molecular weight excluding hydrogens is 102 g/mol. The molecule has 0 spiro atoms. The summed E-state index contributed by atoms with van der Waals surface area (Å²) in [5, 5.41) is 3.23. The summed E-state index contributed by atoms with van der Waals surface area (Å²) in [5.74, 6) is 5.04. The first-order chi connectivity index (χ1) is 3.93. The molecule has 1 aliphatic carbocycles. The lowest BCUT2D eigenvalue weighted by Crippen LogP contribution is -2.43. The molecule has 0 aromatic carbocycles. The topological polar surface area (TPSA) is 50.1 Å². The summed E-state index contributed by atoms with van der Waals surface area (Å²) in [6, 6.07) is 0.742. The summed E-state index contributed by atoms with van der Waals surface area (Å²) in [7, 11) is 0. The predicted molar refractivity (Wildman–Crippen MR) is 33.0 cm³/mol. The molecule has 0 radical (unpaired) electrons. The summed E-state index contributed by atoms with van der Waals surface area (Å²) < 4.78 is 0. The maximum absolute atomic E-state index is 5.04. The Morgan fingerprint density at radius 1 is 1.50 bits per heavy atom. The van der Waals surface area contributed by atoms with Gasteiger partial charge in [-0.2, -0.15) is 0 Å². The smallest absolute Gasteiger partial charge is 0.0589 e. The molecule has 0 saturated heterocycles. The lowest BCUT2D eigenvalue weighted by molar-refractivity contribution is 0.331. The third-order valence-electron chi connectivity index (χ3n) is 1.60. The lowest BCUT2D eigenvalue weighted by Gasteiger charge is -2.26. The van der Waals surface area contributed by atoms with Gasteiger partial charge in [0.2, 0.25) is 0 Å². The van der Waals surface area contributed by atoms with Crippen molar-refractivity contribution in [3.63, 3.8) is 0 Å². The van der Waals surface area contributed by atoms with Crippen molar-refractivity contribution in [2.45, 2.75) is 25.3 Å². The van der Waals surface area contributed by atoms with Crippen molar-refractivity contribution >= 4 is 0 Å². The quantitative estimate of drug-likeness (QED) is 0.265. The van der Waals surface area contributed by atoms with Crippen LogP contribution < -0.4 is 16.6 Å². The van der Waals surface area contributed by atoms with E-state index >= 15 is 0 Å². The molecule has 3 nitrogen and oxygen atoms in total. The third kappa shape index (κ3) is 1.43. The second-order valence-corrected chi connectivity index (χ2v) is 2.21. The molecule has 1 saturated carbocycles. The first kappa shape index (κ1) is 6.01. The van der Waals surface area contributed by atoms with Gasteiger partial charge < -0.3 is 5.32 Å². The van der Waals surface area contributed by atoms with Gasteiger partial charge in [-0.25, -0.2) is 5.43 Å². The van der Waals surface area contributed by atoms with Crippen LogP contribution in [-0.4, -0.2) is 12.7 Å². The van der Waals surface area contributed by atoms with Gasteiger partial charge in [-0.3, -0.25) is 5.84 Å². The summed E-state index contributed by atoms with van der Waals surface area (Å²) in [4.78, 5) is 0. The Kier molecular flexibility index (Phi) is 2.27. The molecule has 1 fully saturated rings. The van der Waals surface area contributed by atoms with Crippen LogP contribution >= 0.6 is 0 Å². The molecule has 0 bridgehead atoms. The summed E-state index contributed by atoms with van der Waals surface area (Å²) >= 11 is 0. The minimum atomic E-state index is 0.741. The number of rotatable bonds is 3. The minimum Gasteiger partial charge on any atom is -0.301 e. The molecule has 0 heterocycles. The van der Waals surface area contributed by atoms with E-state index in [1.54, 1.807) is 0 Å². The van der Waals surface area contributed by atoms with Crippen molar-refractivity contribution in [3.8, 4) is 0 Å². The Balaban J connectivity index is 1.86. The molecule has 4 N–H and O–H groups in total. The molecular formula is C5H13N3. The molecule has 8 heavy (non-hydrogen) atoms. The van der Waals surface area contributed by atoms with Gasteiger partial charge in [-0.15, -0.1) is 0 Å². The number of nitrogens with one attached hydrogen (secondary N) is 2. The number of hydrogen-bond donors (Lipinski definition) is 3. The van der Waals surface area contributed by atoms with Crippen LogP contribution in [0.25, 0.3) is 0 Å². The lowest BCUT2D eigenvalue weighted by atomic mass is 9.93. The van der Waals surface area contributed by atoms with E-state index in [1.807, 2.05) is 0 Å². The fraction of sp³-hybridized carbons (Fsp3) is 1.00. The van der Waals surface area contributed by atoms with E-state index in [0.29, 0.717) is 0 Å². The molecule has 1 aliphatic rings. The maximum atomic E-state index is 5.04. The molecule has 0 amide bonds. The highest BCUT2D eigenvalue weighted by atomic mass is 15.3. The molecule has 0 aliphatic heterocycles. The average Bonchev–Trinajstić information content (AvgIpc) is 1.63. The fourth-order valence-electron chi connectivity index (χ4n) is 0.816. The van der Waals surface area contributed by atoms with Crippen LogP contribution in [0.2, 0.25) is 0 Å². The highest BCUT2D eigenvalue weighted by Gasteiger charge is 2.14. The largest absolute Gasteiger partial charge is 0.301 e. The van der Waals surface area contributed by atoms with Crippen LogP contribution in [0.3, 0.4) is 0 Å². The zero-order valence-corrected chi connectivity index (χ0v) is 4.98. The Bertz CT molecular complexity index is 60.7. The van der Waals surface area contributed by atoms with E-state index < -0.39 is 0 Å². The third-order valence-corrected chi connectivity index (χ3v) is 1.60. The standard InChI is InChI=1S/C5H13N3/c6-8-4-7-5-2-1-3-5/h5,7-8H,1-4,6H2. The fourth-order valence-corrected chi connectivity index (χ4v) is 0.816. The Labute approximate surface area is 49.6 Å². The summed E-state index contributed by atoms with van der Waals surface area (Å²) in [5.41, 5.74) is 2.56. The van der Waals surface area contributed by atoms with Crippen molar-refractivity contribution in [2.24, 2.45) is 5.84 Å². The van der Waals surface area contributed by atoms with Crippen LogP contribution in [0.4, 0.5) is 0 Å². The number of nitrogens with two attached hydrogens (primary N) is 1. The van der Waals surface area contributed by atoms with Gasteiger partial charge in [0.05, 0.1) is 6.67 Å². The Morgan fingerprint density at radius 3 is 2.62 bits per heavy atom. The van der Waals surface area contributed by atoms with Crippen molar-refractivity contribution in [3.05, 3.63) is 0 Å². The monoisotopic (exact) mass is 115 g/mol. The van der Waals surface area contributed by atoms with Crippen LogP contribution in [0.1, 0.15) is 19.3 Å². The molecule has 3 heteroatoms.